The van der Waals surface area contributed by atoms with Crippen molar-refractivity contribution in [2.45, 2.75) is 51.9 Å². The zero-order chi connectivity index (χ0) is 15.8. The first-order valence-corrected chi connectivity index (χ1v) is 8.35. The lowest BCUT2D eigenvalue weighted by molar-refractivity contribution is -0.134. The van der Waals surface area contributed by atoms with Crippen molar-refractivity contribution < 1.29 is 9.59 Å². The van der Waals surface area contributed by atoms with Crippen molar-refractivity contribution in [3.63, 3.8) is 0 Å². The molecule has 1 aliphatic rings. The number of aryl methyl sites for hydroxylation is 1. The third kappa shape index (κ3) is 5.17. The van der Waals surface area contributed by atoms with Crippen LogP contribution in [0.2, 0.25) is 0 Å². The molecule has 0 atom stereocenters. The van der Waals surface area contributed by atoms with Crippen molar-refractivity contribution in [1.29, 1.82) is 0 Å². The van der Waals surface area contributed by atoms with E-state index in [1.165, 1.54) is 18.4 Å². The number of anilines is 1. The van der Waals surface area contributed by atoms with Crippen molar-refractivity contribution in [2.24, 2.45) is 0 Å². The van der Waals surface area contributed by atoms with E-state index in [-0.39, 0.29) is 18.4 Å². The fourth-order valence-electron chi connectivity index (χ4n) is 2.72. The summed E-state index contributed by atoms with van der Waals surface area (Å²) in [5.41, 5.74) is 2.09. The maximum atomic E-state index is 12.1. The molecule has 1 fully saturated rings. The van der Waals surface area contributed by atoms with Gasteiger partial charge in [0.2, 0.25) is 11.8 Å². The molecular weight excluding hydrogens is 276 g/mol. The zero-order valence-electron chi connectivity index (χ0n) is 13.4. The highest BCUT2D eigenvalue weighted by atomic mass is 16.2. The number of rotatable bonds is 6. The molecule has 1 aromatic carbocycles. The van der Waals surface area contributed by atoms with E-state index in [2.05, 4.69) is 24.4 Å². The Kier molecular flexibility index (Phi) is 6.44. The number of unbranched alkanes of at least 4 members (excludes halogenated alkanes) is 1. The molecule has 0 aromatic heterocycles. The summed E-state index contributed by atoms with van der Waals surface area (Å²) in [5.74, 6) is -0.0147. The van der Waals surface area contributed by atoms with Gasteiger partial charge in [-0.25, -0.2) is 0 Å². The van der Waals surface area contributed by atoms with E-state index in [4.69, 9.17) is 0 Å². The Labute approximate surface area is 132 Å². The van der Waals surface area contributed by atoms with Gasteiger partial charge in [-0.2, -0.15) is 0 Å². The summed E-state index contributed by atoms with van der Waals surface area (Å²) in [4.78, 5) is 25.7. The number of hydrogen-bond donors (Lipinski definition) is 1. The third-order valence-corrected chi connectivity index (χ3v) is 4.06. The van der Waals surface area contributed by atoms with Gasteiger partial charge >= 0.3 is 0 Å². The molecule has 0 unspecified atom stereocenters. The third-order valence-electron chi connectivity index (χ3n) is 4.06. The number of carbonyl (C=O) groups is 2. The van der Waals surface area contributed by atoms with Gasteiger partial charge < -0.3 is 10.2 Å². The zero-order valence-corrected chi connectivity index (χ0v) is 13.4. The quantitative estimate of drug-likeness (QED) is 0.876. The molecule has 1 heterocycles. The molecule has 4 nitrogen and oxygen atoms in total. The van der Waals surface area contributed by atoms with Crippen LogP contribution in [0.25, 0.3) is 0 Å². The van der Waals surface area contributed by atoms with Gasteiger partial charge in [0.15, 0.2) is 0 Å². The van der Waals surface area contributed by atoms with Crippen molar-refractivity contribution in [2.75, 3.05) is 18.4 Å². The van der Waals surface area contributed by atoms with Gasteiger partial charge in [-0.3, -0.25) is 9.59 Å². The Bertz CT molecular complexity index is 496. The van der Waals surface area contributed by atoms with Crippen LogP contribution in [0.1, 0.15) is 51.0 Å². The topological polar surface area (TPSA) is 49.4 Å². The standard InChI is InChI=1S/C18H26N2O2/c1-2-3-7-15-9-11-16(12-10-15)19-17(21)14-20-13-6-4-5-8-18(20)22/h9-12H,2-8,13-14H2,1H3,(H,19,21). The molecule has 0 spiro atoms. The van der Waals surface area contributed by atoms with E-state index in [0.717, 1.165) is 31.4 Å². The molecule has 1 aliphatic heterocycles. The van der Waals surface area contributed by atoms with Crippen LogP contribution in [0.15, 0.2) is 24.3 Å². The fourth-order valence-corrected chi connectivity index (χ4v) is 2.72. The van der Waals surface area contributed by atoms with Gasteiger partial charge in [-0.05, 0) is 43.4 Å². The molecule has 1 N–H and O–H groups in total. The summed E-state index contributed by atoms with van der Waals surface area (Å²) in [6.07, 6.45) is 7.02. The molecule has 0 radical (unpaired) electrons. The Morgan fingerprint density at radius 1 is 1.18 bits per heavy atom. The molecule has 1 aromatic rings. The largest absolute Gasteiger partial charge is 0.333 e. The maximum Gasteiger partial charge on any atom is 0.243 e. The number of amides is 2. The minimum absolute atomic E-state index is 0.0996. The van der Waals surface area contributed by atoms with E-state index in [0.29, 0.717) is 13.0 Å². The van der Waals surface area contributed by atoms with Crippen LogP contribution >= 0.6 is 0 Å². The number of nitrogens with zero attached hydrogens (tertiary/aromatic N) is 1. The lowest BCUT2D eigenvalue weighted by atomic mass is 10.1. The minimum Gasteiger partial charge on any atom is -0.333 e. The SMILES string of the molecule is CCCCc1ccc(NC(=O)CN2CCCCCC2=O)cc1. The van der Waals surface area contributed by atoms with Gasteiger partial charge in [0.05, 0.1) is 6.54 Å². The second kappa shape index (κ2) is 8.57. The molecule has 120 valence electrons. The number of hydrogen-bond acceptors (Lipinski definition) is 2. The molecule has 2 amide bonds. The van der Waals surface area contributed by atoms with E-state index in [1.807, 2.05) is 12.1 Å². The summed E-state index contributed by atoms with van der Waals surface area (Å²) < 4.78 is 0. The highest BCUT2D eigenvalue weighted by molar-refractivity contribution is 5.94. The highest BCUT2D eigenvalue weighted by Crippen LogP contribution is 2.13. The molecule has 0 aliphatic carbocycles. The van der Waals surface area contributed by atoms with Crippen molar-refractivity contribution in [1.82, 2.24) is 4.90 Å². The van der Waals surface area contributed by atoms with Crippen LogP contribution in [0.5, 0.6) is 0 Å². The summed E-state index contributed by atoms with van der Waals surface area (Å²) in [7, 11) is 0. The van der Waals surface area contributed by atoms with E-state index in [9.17, 15) is 9.59 Å². The number of likely N-dealkylation sites (tertiary alicyclic amines) is 1. The van der Waals surface area contributed by atoms with Crippen LogP contribution < -0.4 is 5.32 Å². The molecule has 22 heavy (non-hydrogen) atoms. The van der Waals surface area contributed by atoms with Crippen LogP contribution in [-0.2, 0) is 16.0 Å². The van der Waals surface area contributed by atoms with Crippen LogP contribution in [0, 0.1) is 0 Å². The highest BCUT2D eigenvalue weighted by Gasteiger charge is 2.19. The first-order chi connectivity index (χ1) is 10.7. The second-order valence-corrected chi connectivity index (χ2v) is 5.97. The van der Waals surface area contributed by atoms with Crippen molar-refractivity contribution in [3.05, 3.63) is 29.8 Å². The van der Waals surface area contributed by atoms with Gasteiger partial charge in [-0.15, -0.1) is 0 Å². The van der Waals surface area contributed by atoms with Gasteiger partial charge in [0, 0.05) is 18.7 Å². The molecule has 0 saturated carbocycles. The maximum absolute atomic E-state index is 12.1. The lowest BCUT2D eigenvalue weighted by Gasteiger charge is -2.19. The summed E-state index contributed by atoms with van der Waals surface area (Å²) in [5, 5.41) is 2.88. The smallest absolute Gasteiger partial charge is 0.243 e. The Hall–Kier alpha value is -1.84. The first kappa shape index (κ1) is 16.5. The number of nitrogens with one attached hydrogen (secondary N) is 1. The number of carbonyl (C=O) groups excluding carboxylic acids is 2. The predicted molar refractivity (Wildman–Crippen MR) is 88.7 cm³/mol. The van der Waals surface area contributed by atoms with Gasteiger partial charge in [-0.1, -0.05) is 31.9 Å². The van der Waals surface area contributed by atoms with Crippen LogP contribution in [-0.4, -0.2) is 29.8 Å². The second-order valence-electron chi connectivity index (χ2n) is 5.97. The molecule has 0 bridgehead atoms. The number of benzene rings is 1. The summed E-state index contributed by atoms with van der Waals surface area (Å²) in [6.45, 7) is 3.04. The predicted octanol–water partition coefficient (Wildman–Crippen LogP) is 3.37. The van der Waals surface area contributed by atoms with E-state index >= 15 is 0 Å². The minimum atomic E-state index is -0.114. The summed E-state index contributed by atoms with van der Waals surface area (Å²) >= 11 is 0. The Morgan fingerprint density at radius 2 is 1.95 bits per heavy atom. The molecule has 4 heteroatoms. The monoisotopic (exact) mass is 302 g/mol. The molecular formula is C18H26N2O2. The van der Waals surface area contributed by atoms with Crippen LogP contribution in [0.3, 0.4) is 0 Å². The van der Waals surface area contributed by atoms with Crippen molar-refractivity contribution >= 4 is 17.5 Å². The first-order valence-electron chi connectivity index (χ1n) is 8.35. The van der Waals surface area contributed by atoms with E-state index < -0.39 is 0 Å². The van der Waals surface area contributed by atoms with E-state index in [1.54, 1.807) is 4.90 Å². The normalized spacial score (nSPS) is 15.5. The summed E-state index contributed by atoms with van der Waals surface area (Å²) in [6, 6.07) is 7.99. The average molecular weight is 302 g/mol. The fraction of sp³-hybridized carbons (Fsp3) is 0.556. The Balaban J connectivity index is 1.84. The van der Waals surface area contributed by atoms with Gasteiger partial charge in [0.25, 0.3) is 0 Å². The lowest BCUT2D eigenvalue weighted by Crippen LogP contribution is -2.37. The molecule has 2 rings (SSSR count). The van der Waals surface area contributed by atoms with Crippen molar-refractivity contribution in [3.8, 4) is 0 Å². The molecule has 1 saturated heterocycles. The average Bonchev–Trinajstić information content (AvgIpc) is 2.71. The Morgan fingerprint density at radius 3 is 2.68 bits per heavy atom. The van der Waals surface area contributed by atoms with Gasteiger partial charge in [0.1, 0.15) is 0 Å². The van der Waals surface area contributed by atoms with Crippen LogP contribution in [0.4, 0.5) is 5.69 Å².